The van der Waals surface area contributed by atoms with E-state index in [1.807, 2.05) is 31.5 Å². The number of aryl methyl sites for hydroxylation is 1. The summed E-state index contributed by atoms with van der Waals surface area (Å²) < 4.78 is 1.84. The van der Waals surface area contributed by atoms with E-state index in [0.717, 1.165) is 11.4 Å². The van der Waals surface area contributed by atoms with Crippen molar-refractivity contribution < 1.29 is 0 Å². The molecule has 0 aliphatic heterocycles. The molecule has 0 radical (unpaired) electrons. The lowest BCUT2D eigenvalue weighted by Crippen LogP contribution is -2.32. The molecule has 6 nitrogen and oxygen atoms in total. The summed E-state index contributed by atoms with van der Waals surface area (Å²) in [6, 6.07) is 1.67. The van der Waals surface area contributed by atoms with E-state index < -0.39 is 0 Å². The smallest absolute Gasteiger partial charge is 0.125 e. The molecule has 0 spiro atoms. The van der Waals surface area contributed by atoms with Crippen LogP contribution >= 0.6 is 11.6 Å². The first kappa shape index (κ1) is 13.9. The fourth-order valence-electron chi connectivity index (χ4n) is 1.97. The van der Waals surface area contributed by atoms with Crippen LogP contribution in [0.25, 0.3) is 0 Å². The number of nitrogens with zero attached hydrogens (tertiary/aromatic N) is 4. The van der Waals surface area contributed by atoms with Gasteiger partial charge in [0, 0.05) is 12.2 Å². The normalized spacial score (nSPS) is 12.9. The minimum atomic E-state index is -0.320. The van der Waals surface area contributed by atoms with Gasteiger partial charge in [0.1, 0.15) is 11.9 Å². The number of hydrazine groups is 1. The monoisotopic (exact) mass is 280 g/mol. The summed E-state index contributed by atoms with van der Waals surface area (Å²) in [6.45, 7) is 5.90. The van der Waals surface area contributed by atoms with Crippen molar-refractivity contribution in [3.8, 4) is 0 Å². The maximum Gasteiger partial charge on any atom is 0.125 e. The standard InChI is InChI=1S/C12H17ClN6/c1-7(2)19-12(9(13)6-16-19)11(18-14)10-4-5-15-8(3)17-10/h4-7,11,18H,14H2,1-3H3. The van der Waals surface area contributed by atoms with Gasteiger partial charge in [-0.2, -0.15) is 5.10 Å². The van der Waals surface area contributed by atoms with Gasteiger partial charge in [-0.05, 0) is 26.8 Å². The molecule has 0 aliphatic rings. The van der Waals surface area contributed by atoms with E-state index in [1.54, 1.807) is 12.4 Å². The molecule has 19 heavy (non-hydrogen) atoms. The van der Waals surface area contributed by atoms with Crippen LogP contribution in [-0.2, 0) is 0 Å². The fourth-order valence-corrected chi connectivity index (χ4v) is 2.21. The van der Waals surface area contributed by atoms with Gasteiger partial charge in [0.25, 0.3) is 0 Å². The van der Waals surface area contributed by atoms with Crippen molar-refractivity contribution >= 4 is 11.6 Å². The lowest BCUT2D eigenvalue weighted by atomic mass is 10.1. The third-order valence-corrected chi connectivity index (χ3v) is 3.10. The van der Waals surface area contributed by atoms with E-state index in [2.05, 4.69) is 20.5 Å². The second kappa shape index (κ2) is 5.64. The zero-order chi connectivity index (χ0) is 14.0. The minimum absolute atomic E-state index is 0.182. The first-order valence-electron chi connectivity index (χ1n) is 6.03. The lowest BCUT2D eigenvalue weighted by molar-refractivity contribution is 0.472. The molecule has 1 atom stereocenters. The van der Waals surface area contributed by atoms with Crippen LogP contribution in [0.3, 0.4) is 0 Å². The predicted molar refractivity (Wildman–Crippen MR) is 73.6 cm³/mol. The molecule has 3 N–H and O–H groups in total. The Morgan fingerprint density at radius 1 is 1.42 bits per heavy atom. The first-order valence-corrected chi connectivity index (χ1v) is 6.41. The van der Waals surface area contributed by atoms with Crippen LogP contribution in [0.1, 0.15) is 43.1 Å². The molecule has 0 aromatic carbocycles. The molecule has 0 amide bonds. The Labute approximate surface area is 117 Å². The van der Waals surface area contributed by atoms with Crippen molar-refractivity contribution in [1.82, 2.24) is 25.2 Å². The largest absolute Gasteiger partial charge is 0.270 e. The topological polar surface area (TPSA) is 81.6 Å². The van der Waals surface area contributed by atoms with Crippen LogP contribution in [0.15, 0.2) is 18.5 Å². The fraction of sp³-hybridized carbons (Fsp3) is 0.417. The summed E-state index contributed by atoms with van der Waals surface area (Å²) in [5.41, 5.74) is 4.31. The van der Waals surface area contributed by atoms with Gasteiger partial charge in [-0.3, -0.25) is 10.5 Å². The highest BCUT2D eigenvalue weighted by molar-refractivity contribution is 6.31. The highest BCUT2D eigenvalue weighted by atomic mass is 35.5. The molecule has 1 unspecified atom stereocenters. The van der Waals surface area contributed by atoms with Gasteiger partial charge < -0.3 is 0 Å². The maximum atomic E-state index is 6.23. The van der Waals surface area contributed by atoms with E-state index in [-0.39, 0.29) is 12.1 Å². The van der Waals surface area contributed by atoms with Crippen molar-refractivity contribution in [2.45, 2.75) is 32.9 Å². The predicted octanol–water partition coefficient (Wildman–Crippen LogP) is 1.77. The number of halogens is 1. The lowest BCUT2D eigenvalue weighted by Gasteiger charge is -2.20. The summed E-state index contributed by atoms with van der Waals surface area (Å²) in [5.74, 6) is 6.36. The second-order valence-corrected chi connectivity index (χ2v) is 4.95. The highest BCUT2D eigenvalue weighted by Gasteiger charge is 2.23. The van der Waals surface area contributed by atoms with E-state index in [1.165, 1.54) is 0 Å². The Bertz CT molecular complexity index is 565. The van der Waals surface area contributed by atoms with Crippen molar-refractivity contribution in [1.29, 1.82) is 0 Å². The zero-order valence-corrected chi connectivity index (χ0v) is 11.9. The summed E-state index contributed by atoms with van der Waals surface area (Å²) in [4.78, 5) is 8.47. The van der Waals surface area contributed by atoms with Gasteiger partial charge in [-0.1, -0.05) is 11.6 Å². The molecule has 0 fully saturated rings. The van der Waals surface area contributed by atoms with Crippen LogP contribution in [0, 0.1) is 6.92 Å². The number of nitrogens with two attached hydrogens (primary N) is 1. The summed E-state index contributed by atoms with van der Waals surface area (Å²) in [7, 11) is 0. The van der Waals surface area contributed by atoms with Crippen LogP contribution in [0.5, 0.6) is 0 Å². The summed E-state index contributed by atoms with van der Waals surface area (Å²) in [5, 5.41) is 4.84. The third kappa shape index (κ3) is 2.75. The molecular weight excluding hydrogens is 264 g/mol. The zero-order valence-electron chi connectivity index (χ0n) is 11.1. The molecule has 0 aliphatic carbocycles. The highest BCUT2D eigenvalue weighted by Crippen LogP contribution is 2.28. The SMILES string of the molecule is Cc1nccc(C(NN)c2c(Cl)cnn2C(C)C)n1. The van der Waals surface area contributed by atoms with Crippen LogP contribution < -0.4 is 11.3 Å². The molecule has 102 valence electrons. The Balaban J connectivity index is 2.51. The Hall–Kier alpha value is -1.50. The molecule has 0 saturated heterocycles. The van der Waals surface area contributed by atoms with Crippen molar-refractivity contribution in [2.24, 2.45) is 5.84 Å². The molecule has 2 rings (SSSR count). The van der Waals surface area contributed by atoms with Gasteiger partial charge in [0.05, 0.1) is 22.6 Å². The molecule has 0 saturated carbocycles. The second-order valence-electron chi connectivity index (χ2n) is 4.54. The quantitative estimate of drug-likeness (QED) is 0.659. The molecule has 2 aromatic rings. The van der Waals surface area contributed by atoms with Gasteiger partial charge in [0.2, 0.25) is 0 Å². The number of aromatic nitrogens is 4. The summed E-state index contributed by atoms with van der Waals surface area (Å²) in [6.07, 6.45) is 3.32. The maximum absolute atomic E-state index is 6.23. The van der Waals surface area contributed by atoms with E-state index >= 15 is 0 Å². The Morgan fingerprint density at radius 3 is 2.74 bits per heavy atom. The van der Waals surface area contributed by atoms with Crippen LogP contribution in [-0.4, -0.2) is 19.7 Å². The average molecular weight is 281 g/mol. The van der Waals surface area contributed by atoms with E-state index in [9.17, 15) is 0 Å². The number of nitrogens with one attached hydrogen (secondary N) is 1. The van der Waals surface area contributed by atoms with Gasteiger partial charge >= 0.3 is 0 Å². The molecule has 2 heterocycles. The van der Waals surface area contributed by atoms with E-state index in [0.29, 0.717) is 10.8 Å². The number of hydrogen-bond acceptors (Lipinski definition) is 5. The first-order chi connectivity index (χ1) is 9.04. The minimum Gasteiger partial charge on any atom is -0.270 e. The summed E-state index contributed by atoms with van der Waals surface area (Å²) >= 11 is 6.23. The van der Waals surface area contributed by atoms with Crippen molar-refractivity contribution in [2.75, 3.05) is 0 Å². The average Bonchev–Trinajstić information content (AvgIpc) is 2.73. The number of rotatable bonds is 4. The van der Waals surface area contributed by atoms with Gasteiger partial charge in [0.15, 0.2) is 0 Å². The third-order valence-electron chi connectivity index (χ3n) is 2.81. The van der Waals surface area contributed by atoms with Gasteiger partial charge in [-0.25, -0.2) is 15.4 Å². The molecule has 2 aromatic heterocycles. The molecular formula is C12H17ClN6. The van der Waals surface area contributed by atoms with Gasteiger partial charge in [-0.15, -0.1) is 0 Å². The van der Waals surface area contributed by atoms with Crippen molar-refractivity contribution in [3.05, 3.63) is 40.7 Å². The van der Waals surface area contributed by atoms with E-state index in [4.69, 9.17) is 17.4 Å². The molecule has 0 bridgehead atoms. The number of hydrogen-bond donors (Lipinski definition) is 2. The Kier molecular flexibility index (Phi) is 4.14. The molecule has 7 heteroatoms. The van der Waals surface area contributed by atoms with Crippen LogP contribution in [0.2, 0.25) is 5.02 Å². The Morgan fingerprint density at radius 2 is 2.16 bits per heavy atom. The van der Waals surface area contributed by atoms with Crippen LogP contribution in [0.4, 0.5) is 0 Å². The van der Waals surface area contributed by atoms with Crippen molar-refractivity contribution in [3.63, 3.8) is 0 Å².